The largest absolute Gasteiger partial charge is 0.394 e. The zero-order valence-electron chi connectivity index (χ0n) is 18.1. The highest BCUT2D eigenvalue weighted by molar-refractivity contribution is 7.79. The van der Waals surface area contributed by atoms with Crippen LogP contribution in [0.2, 0.25) is 0 Å². The van der Waals surface area contributed by atoms with Gasteiger partial charge in [-0.2, -0.15) is 0 Å². The molecule has 192 valence electrons. The number of ether oxygens (including phenoxy) is 5. The number of aliphatic hydroxyl groups is 3. The molecule has 5 N–H and O–H groups in total. The van der Waals surface area contributed by atoms with Crippen molar-refractivity contribution >= 4 is 17.0 Å². The Labute approximate surface area is 193 Å². The van der Waals surface area contributed by atoms with Gasteiger partial charge in [-0.05, 0) is 5.53 Å². The Hall–Kier alpha value is -1.43. The Balaban J connectivity index is 2.08. The van der Waals surface area contributed by atoms with Gasteiger partial charge in [0.05, 0.1) is 65.5 Å². The fourth-order valence-corrected chi connectivity index (χ4v) is 3.46. The van der Waals surface area contributed by atoms with E-state index < -0.39 is 53.4 Å². The molecule has 1 aliphatic heterocycles. The van der Waals surface area contributed by atoms with E-state index in [0.29, 0.717) is 33.0 Å². The SMILES string of the molecule is [N-]=[N+]=NCCOCCOCCOCCOCCC(=O)N[C@H]1C(S(=O)O)O[C@H](CO)[C@@H](O)[C@@H]1O. The highest BCUT2D eigenvalue weighted by Gasteiger charge is 2.47. The van der Waals surface area contributed by atoms with Crippen LogP contribution in [0.4, 0.5) is 0 Å². The third kappa shape index (κ3) is 12.0. The summed E-state index contributed by atoms with van der Waals surface area (Å²) in [5.41, 5.74) is 6.58. The standard InChI is InChI=1S/C17H32N4O11S/c18-21-19-2-4-29-6-8-31-10-9-30-7-5-28-3-1-13(23)20-14-16(25)15(24)12(11-22)32-17(14)33(26)27/h12,14-17,22,24-25H,1-11H2,(H,20,23)(H,26,27)/t12-,14-,15-,16-,17?/m1/s1. The second-order valence-corrected chi connectivity index (χ2v) is 7.75. The number of hydrogen-bond acceptors (Lipinski definition) is 11. The molecule has 0 aliphatic carbocycles. The lowest BCUT2D eigenvalue weighted by atomic mass is 9.98. The van der Waals surface area contributed by atoms with Gasteiger partial charge in [-0.15, -0.1) is 0 Å². The van der Waals surface area contributed by atoms with Crippen molar-refractivity contribution < 1.29 is 52.6 Å². The van der Waals surface area contributed by atoms with Crippen LogP contribution in [0.3, 0.4) is 0 Å². The summed E-state index contributed by atoms with van der Waals surface area (Å²) in [7, 11) is 0. The van der Waals surface area contributed by atoms with Crippen LogP contribution in [-0.2, 0) is 39.6 Å². The van der Waals surface area contributed by atoms with Crippen molar-refractivity contribution in [1.82, 2.24) is 5.32 Å². The monoisotopic (exact) mass is 500 g/mol. The molecule has 1 rings (SSSR count). The summed E-state index contributed by atoms with van der Waals surface area (Å²) in [6.07, 6.45) is -4.47. The fourth-order valence-electron chi connectivity index (χ4n) is 2.74. The molecule has 33 heavy (non-hydrogen) atoms. The molecule has 0 aromatic rings. The second-order valence-electron chi connectivity index (χ2n) is 6.73. The normalized spacial score (nSPS) is 25.9. The number of nitrogens with zero attached hydrogens (tertiary/aromatic N) is 3. The van der Waals surface area contributed by atoms with Gasteiger partial charge in [0.2, 0.25) is 5.91 Å². The summed E-state index contributed by atoms with van der Waals surface area (Å²) in [5.74, 6) is -0.580. The molecular weight excluding hydrogens is 468 g/mol. The van der Waals surface area contributed by atoms with Gasteiger partial charge in [-0.25, -0.2) is 4.21 Å². The van der Waals surface area contributed by atoms with Gasteiger partial charge in [0, 0.05) is 17.9 Å². The minimum absolute atomic E-state index is 0.0389. The average molecular weight is 501 g/mol. The third-order valence-electron chi connectivity index (χ3n) is 4.40. The van der Waals surface area contributed by atoms with Crippen LogP contribution in [0, 0.1) is 0 Å². The van der Waals surface area contributed by atoms with Crippen molar-refractivity contribution in [1.29, 1.82) is 0 Å². The molecule has 0 aromatic heterocycles. The first-order chi connectivity index (χ1) is 15.9. The van der Waals surface area contributed by atoms with Gasteiger partial charge >= 0.3 is 0 Å². The van der Waals surface area contributed by atoms with E-state index in [4.69, 9.17) is 34.3 Å². The Bertz CT molecular complexity index is 626. The molecule has 1 amide bonds. The predicted molar refractivity (Wildman–Crippen MR) is 112 cm³/mol. The van der Waals surface area contributed by atoms with Crippen molar-refractivity contribution in [3.05, 3.63) is 10.4 Å². The van der Waals surface area contributed by atoms with Gasteiger partial charge in [-0.1, -0.05) is 5.11 Å². The summed E-state index contributed by atoms with van der Waals surface area (Å²) in [4.78, 5) is 14.7. The van der Waals surface area contributed by atoms with E-state index in [-0.39, 0.29) is 32.8 Å². The summed E-state index contributed by atoms with van der Waals surface area (Å²) < 4.78 is 46.9. The highest BCUT2D eigenvalue weighted by atomic mass is 32.2. The van der Waals surface area contributed by atoms with Gasteiger partial charge < -0.3 is 48.9 Å². The zero-order chi connectivity index (χ0) is 24.5. The Morgan fingerprint density at radius 2 is 1.55 bits per heavy atom. The Morgan fingerprint density at radius 3 is 2.06 bits per heavy atom. The Morgan fingerprint density at radius 1 is 1.00 bits per heavy atom. The van der Waals surface area contributed by atoms with Crippen molar-refractivity contribution in [2.45, 2.75) is 36.2 Å². The second kappa shape index (κ2) is 18.0. The number of carbonyl (C=O) groups is 1. The first kappa shape index (κ1) is 29.6. The topological polar surface area (TPSA) is 222 Å². The van der Waals surface area contributed by atoms with Crippen molar-refractivity contribution in [2.75, 3.05) is 66.0 Å². The molecule has 2 unspecified atom stereocenters. The van der Waals surface area contributed by atoms with Crippen molar-refractivity contribution in [3.8, 4) is 0 Å². The van der Waals surface area contributed by atoms with E-state index in [1.54, 1.807) is 0 Å². The summed E-state index contributed by atoms with van der Waals surface area (Å²) >= 11 is -2.57. The highest BCUT2D eigenvalue weighted by Crippen LogP contribution is 2.23. The van der Waals surface area contributed by atoms with E-state index in [1.807, 2.05) is 0 Å². The molecular formula is C17H32N4O11S. The van der Waals surface area contributed by atoms with E-state index in [2.05, 4.69) is 15.3 Å². The maximum absolute atomic E-state index is 12.1. The number of amides is 1. The van der Waals surface area contributed by atoms with Crippen LogP contribution >= 0.6 is 0 Å². The zero-order valence-corrected chi connectivity index (χ0v) is 18.9. The molecule has 15 nitrogen and oxygen atoms in total. The minimum Gasteiger partial charge on any atom is -0.394 e. The van der Waals surface area contributed by atoms with Crippen molar-refractivity contribution in [2.24, 2.45) is 5.11 Å². The third-order valence-corrected chi connectivity index (χ3v) is 5.20. The molecule has 16 heteroatoms. The lowest BCUT2D eigenvalue weighted by molar-refractivity contribution is -0.175. The van der Waals surface area contributed by atoms with E-state index in [0.717, 1.165) is 0 Å². The molecule has 0 aromatic carbocycles. The molecule has 0 bridgehead atoms. The van der Waals surface area contributed by atoms with Gasteiger partial charge in [0.1, 0.15) is 18.3 Å². The van der Waals surface area contributed by atoms with Crippen molar-refractivity contribution in [3.63, 3.8) is 0 Å². The molecule has 1 fully saturated rings. The maximum Gasteiger partial charge on any atom is 0.222 e. The summed E-state index contributed by atoms with van der Waals surface area (Å²) in [5, 5.41) is 34.8. The molecule has 0 radical (unpaired) electrons. The summed E-state index contributed by atoms with van der Waals surface area (Å²) in [6.45, 7) is 1.97. The predicted octanol–water partition coefficient (Wildman–Crippen LogP) is -2.10. The molecule has 6 atom stereocenters. The lowest BCUT2D eigenvalue weighted by Crippen LogP contribution is -2.65. The van der Waals surface area contributed by atoms with Crippen LogP contribution in [0.15, 0.2) is 5.11 Å². The quantitative estimate of drug-likeness (QED) is 0.0450. The number of azide groups is 1. The van der Waals surface area contributed by atoms with Crippen LogP contribution in [0.25, 0.3) is 10.4 Å². The number of aliphatic hydroxyl groups excluding tert-OH is 3. The van der Waals surface area contributed by atoms with E-state index >= 15 is 0 Å². The maximum atomic E-state index is 12.1. The van der Waals surface area contributed by atoms with E-state index in [9.17, 15) is 23.8 Å². The first-order valence-electron chi connectivity index (χ1n) is 10.3. The molecule has 1 saturated heterocycles. The van der Waals surface area contributed by atoms with Crippen LogP contribution in [0.5, 0.6) is 0 Å². The summed E-state index contributed by atoms with van der Waals surface area (Å²) in [6, 6.07) is -1.33. The van der Waals surface area contributed by atoms with E-state index in [1.165, 1.54) is 0 Å². The minimum atomic E-state index is -2.57. The van der Waals surface area contributed by atoms with Gasteiger partial charge in [0.15, 0.2) is 16.5 Å². The molecule has 0 saturated carbocycles. The number of hydrogen-bond donors (Lipinski definition) is 5. The fraction of sp³-hybridized carbons (Fsp3) is 0.941. The van der Waals surface area contributed by atoms with Gasteiger partial charge in [0.25, 0.3) is 0 Å². The molecule has 1 aliphatic rings. The number of nitrogens with one attached hydrogen (secondary N) is 1. The number of carbonyl (C=O) groups excluding carboxylic acids is 1. The lowest BCUT2D eigenvalue weighted by Gasteiger charge is -2.41. The number of rotatable bonds is 18. The molecule has 1 heterocycles. The first-order valence-corrected chi connectivity index (χ1v) is 11.4. The smallest absolute Gasteiger partial charge is 0.222 e. The van der Waals surface area contributed by atoms with Crippen LogP contribution in [0.1, 0.15) is 6.42 Å². The van der Waals surface area contributed by atoms with Crippen LogP contribution in [-0.4, -0.2) is 126 Å². The molecule has 0 spiro atoms. The Kier molecular flexibility index (Phi) is 16.1. The average Bonchev–Trinajstić information content (AvgIpc) is 2.79. The van der Waals surface area contributed by atoms with Gasteiger partial charge in [-0.3, -0.25) is 4.79 Å². The van der Waals surface area contributed by atoms with Crippen LogP contribution < -0.4 is 5.32 Å².